The van der Waals surface area contributed by atoms with E-state index in [9.17, 15) is 24.5 Å². The van der Waals surface area contributed by atoms with Crippen LogP contribution in [0.2, 0.25) is 5.02 Å². The van der Waals surface area contributed by atoms with Crippen molar-refractivity contribution in [3.63, 3.8) is 0 Å². The zero-order valence-corrected chi connectivity index (χ0v) is 20.3. The van der Waals surface area contributed by atoms with Crippen LogP contribution in [0, 0.1) is 10.1 Å². The molecule has 0 aliphatic carbocycles. The Morgan fingerprint density at radius 3 is 2.64 bits per heavy atom. The van der Waals surface area contributed by atoms with Crippen molar-refractivity contribution < 1.29 is 28.5 Å². The molecule has 3 aromatic rings. The number of ether oxygens (including phenoxy) is 1. The number of nitrogens with zero attached hydrogens (tertiary/aromatic N) is 2. The lowest BCUT2D eigenvalue weighted by Crippen LogP contribution is -2.36. The predicted octanol–water partition coefficient (Wildman–Crippen LogP) is 5.58. The van der Waals surface area contributed by atoms with Crippen LogP contribution in [0.3, 0.4) is 0 Å². The van der Waals surface area contributed by atoms with Crippen molar-refractivity contribution in [2.45, 2.75) is 6.92 Å². The highest BCUT2D eigenvalue weighted by atomic mass is 35.5. The average Bonchev–Trinajstić information content (AvgIpc) is 3.41. The van der Waals surface area contributed by atoms with Crippen LogP contribution < -0.4 is 10.1 Å². The summed E-state index contributed by atoms with van der Waals surface area (Å²) in [5.41, 5.74) is 0.651. The lowest BCUT2D eigenvalue weighted by atomic mass is 10.1. The van der Waals surface area contributed by atoms with Gasteiger partial charge in [-0.05, 0) is 67.2 Å². The topological polar surface area (TPSA) is 132 Å². The minimum Gasteiger partial charge on any atom is -0.494 e. The number of hydrogen-bond donors (Lipinski definition) is 1. The molecular weight excluding hydrogens is 510 g/mol. The maximum absolute atomic E-state index is 12.7. The van der Waals surface area contributed by atoms with Crippen molar-refractivity contribution in [2.75, 3.05) is 18.5 Å². The van der Waals surface area contributed by atoms with Crippen molar-refractivity contribution in [1.29, 1.82) is 0 Å². The molecule has 1 aliphatic rings. The lowest BCUT2D eigenvalue weighted by Gasteiger charge is -2.12. The fourth-order valence-electron chi connectivity index (χ4n) is 3.30. The Morgan fingerprint density at radius 1 is 1.19 bits per heavy atom. The predicted molar refractivity (Wildman–Crippen MR) is 135 cm³/mol. The standard InChI is InChI=1S/C24H18ClN3O7S/c1-2-34-16-6-4-15(5-7-16)26-22(29)13-27-23(30)21(36-24(27)31)12-17-8-10-20(35-17)14-3-9-18(25)19(11-14)28(32)33/h3-12H,2,13H2,1H3,(H,26,29)/b21-12-. The molecular formula is C24H18ClN3O7S. The van der Waals surface area contributed by atoms with E-state index in [0.717, 1.165) is 4.90 Å². The van der Waals surface area contributed by atoms with E-state index in [1.54, 1.807) is 42.5 Å². The summed E-state index contributed by atoms with van der Waals surface area (Å²) < 4.78 is 11.0. The van der Waals surface area contributed by atoms with Gasteiger partial charge in [0.15, 0.2) is 0 Å². The van der Waals surface area contributed by atoms with Gasteiger partial charge >= 0.3 is 0 Å². The van der Waals surface area contributed by atoms with Crippen molar-refractivity contribution in [2.24, 2.45) is 0 Å². The lowest BCUT2D eigenvalue weighted by molar-refractivity contribution is -0.384. The van der Waals surface area contributed by atoms with Crippen LogP contribution >= 0.6 is 23.4 Å². The van der Waals surface area contributed by atoms with Crippen LogP contribution in [0.15, 0.2) is 63.9 Å². The van der Waals surface area contributed by atoms with Gasteiger partial charge in [-0.2, -0.15) is 0 Å². The highest BCUT2D eigenvalue weighted by Gasteiger charge is 2.36. The van der Waals surface area contributed by atoms with Crippen molar-refractivity contribution in [3.8, 4) is 17.1 Å². The number of nitrogens with one attached hydrogen (secondary N) is 1. The third-order valence-corrected chi connectivity index (χ3v) is 6.18. The number of carbonyl (C=O) groups excluding carboxylic acids is 3. The Hall–Kier alpha value is -4.09. The number of nitro groups is 1. The molecule has 184 valence electrons. The van der Waals surface area contributed by atoms with Gasteiger partial charge in [0.25, 0.3) is 16.8 Å². The molecule has 0 spiro atoms. The molecule has 0 unspecified atom stereocenters. The van der Waals surface area contributed by atoms with Crippen molar-refractivity contribution >= 4 is 57.9 Å². The van der Waals surface area contributed by atoms with Gasteiger partial charge in [0.05, 0.1) is 16.4 Å². The summed E-state index contributed by atoms with van der Waals surface area (Å²) >= 11 is 6.53. The third kappa shape index (κ3) is 5.58. The number of benzene rings is 2. The number of rotatable bonds is 8. The van der Waals surface area contributed by atoms with E-state index in [2.05, 4.69) is 5.32 Å². The average molecular weight is 528 g/mol. The number of thioether (sulfide) groups is 1. The van der Waals surface area contributed by atoms with Gasteiger partial charge in [-0.1, -0.05) is 11.6 Å². The number of amides is 3. The molecule has 0 bridgehead atoms. The van der Waals surface area contributed by atoms with Gasteiger partial charge < -0.3 is 14.5 Å². The first kappa shape index (κ1) is 25.0. The fourth-order valence-corrected chi connectivity index (χ4v) is 4.31. The first-order valence-electron chi connectivity index (χ1n) is 10.6. The molecule has 1 N–H and O–H groups in total. The number of furan rings is 1. The Balaban J connectivity index is 1.43. The monoisotopic (exact) mass is 527 g/mol. The third-order valence-electron chi connectivity index (χ3n) is 4.95. The quantitative estimate of drug-likeness (QED) is 0.228. The van der Waals surface area contributed by atoms with E-state index in [-0.39, 0.29) is 21.4 Å². The maximum atomic E-state index is 12.7. The normalized spacial score (nSPS) is 14.4. The Bertz CT molecular complexity index is 1380. The smallest absolute Gasteiger partial charge is 0.294 e. The highest BCUT2D eigenvalue weighted by molar-refractivity contribution is 8.18. The van der Waals surface area contributed by atoms with Crippen LogP contribution in [0.4, 0.5) is 16.2 Å². The second-order valence-corrected chi connectivity index (χ2v) is 8.80. The van der Waals surface area contributed by atoms with Crippen LogP contribution in [0.25, 0.3) is 17.4 Å². The number of anilines is 1. The summed E-state index contributed by atoms with van der Waals surface area (Å²) in [5, 5.41) is 13.2. The fraction of sp³-hybridized carbons (Fsp3) is 0.125. The molecule has 0 atom stereocenters. The largest absolute Gasteiger partial charge is 0.494 e. The highest BCUT2D eigenvalue weighted by Crippen LogP contribution is 2.35. The molecule has 1 aromatic heterocycles. The first-order chi connectivity index (χ1) is 17.2. The molecule has 1 fully saturated rings. The molecule has 0 radical (unpaired) electrons. The number of imide groups is 1. The van der Waals surface area contributed by atoms with E-state index in [4.69, 9.17) is 20.8 Å². The second kappa shape index (κ2) is 10.7. The molecule has 4 rings (SSSR count). The summed E-state index contributed by atoms with van der Waals surface area (Å²) in [5.74, 6) is 0.0584. The molecule has 3 amide bonds. The molecule has 2 heterocycles. The Morgan fingerprint density at radius 2 is 1.94 bits per heavy atom. The van der Waals surface area contributed by atoms with E-state index in [0.29, 0.717) is 41.1 Å². The van der Waals surface area contributed by atoms with Crippen LogP contribution in [-0.2, 0) is 9.59 Å². The van der Waals surface area contributed by atoms with Gasteiger partial charge in [0.2, 0.25) is 5.91 Å². The van der Waals surface area contributed by atoms with Gasteiger partial charge in [-0.15, -0.1) is 0 Å². The van der Waals surface area contributed by atoms with Crippen LogP contribution in [-0.4, -0.2) is 40.0 Å². The minimum absolute atomic E-state index is 0.00392. The molecule has 1 aliphatic heterocycles. The summed E-state index contributed by atoms with van der Waals surface area (Å²) in [6.45, 7) is 1.92. The number of carbonyl (C=O) groups is 3. The van der Waals surface area contributed by atoms with Gasteiger partial charge in [0, 0.05) is 23.4 Å². The van der Waals surface area contributed by atoms with Gasteiger partial charge in [0.1, 0.15) is 28.8 Å². The summed E-state index contributed by atoms with van der Waals surface area (Å²) in [6.07, 6.45) is 1.38. The number of halogens is 1. The second-order valence-electron chi connectivity index (χ2n) is 7.40. The van der Waals surface area contributed by atoms with Gasteiger partial charge in [-0.25, -0.2) is 0 Å². The molecule has 1 saturated heterocycles. The van der Waals surface area contributed by atoms with E-state index in [1.807, 2.05) is 6.92 Å². The Kier molecular flexibility index (Phi) is 7.41. The van der Waals surface area contributed by atoms with Gasteiger partial charge in [-0.3, -0.25) is 29.4 Å². The number of nitro benzene ring substituents is 1. The molecule has 2 aromatic carbocycles. The molecule has 10 nitrogen and oxygen atoms in total. The summed E-state index contributed by atoms with van der Waals surface area (Å²) in [6, 6.07) is 14.1. The van der Waals surface area contributed by atoms with Crippen molar-refractivity contribution in [3.05, 3.63) is 80.4 Å². The molecule has 0 saturated carbocycles. The van der Waals surface area contributed by atoms with Crippen molar-refractivity contribution in [1.82, 2.24) is 4.90 Å². The van der Waals surface area contributed by atoms with E-state index >= 15 is 0 Å². The SMILES string of the molecule is CCOc1ccc(NC(=O)CN2C(=O)S/C(=C\c3ccc(-c4ccc(Cl)c([N+](=O)[O-])c4)o3)C2=O)cc1. The zero-order valence-electron chi connectivity index (χ0n) is 18.7. The molecule has 36 heavy (non-hydrogen) atoms. The van der Waals surface area contributed by atoms with Crippen LogP contribution in [0.1, 0.15) is 12.7 Å². The molecule has 12 heteroatoms. The summed E-state index contributed by atoms with van der Waals surface area (Å²) in [7, 11) is 0. The summed E-state index contributed by atoms with van der Waals surface area (Å²) in [4.78, 5) is 49.0. The van der Waals surface area contributed by atoms with E-state index in [1.165, 1.54) is 18.2 Å². The first-order valence-corrected chi connectivity index (χ1v) is 11.8. The number of hydrogen-bond acceptors (Lipinski definition) is 8. The zero-order chi connectivity index (χ0) is 25.8. The van der Waals surface area contributed by atoms with E-state index < -0.39 is 28.5 Å². The van der Waals surface area contributed by atoms with Crippen LogP contribution in [0.5, 0.6) is 5.75 Å². The Labute approximate surface area is 214 Å². The minimum atomic E-state index is -0.632. The maximum Gasteiger partial charge on any atom is 0.294 e.